The van der Waals surface area contributed by atoms with Crippen LogP contribution in [0.3, 0.4) is 0 Å². The number of hydrogen-bond donors (Lipinski definition) is 0. The van der Waals surface area contributed by atoms with Crippen molar-refractivity contribution in [2.24, 2.45) is 0 Å². The first-order chi connectivity index (χ1) is 23.7. The number of amides is 2. The molecule has 1 saturated heterocycles. The molecule has 0 radical (unpaired) electrons. The topological polar surface area (TPSA) is 40.6 Å². The second kappa shape index (κ2) is 33.2. The molecule has 48 heavy (non-hydrogen) atoms. The Morgan fingerprint density at radius 1 is 0.375 bits per heavy atom. The van der Waals surface area contributed by atoms with Crippen LogP contribution in [0.25, 0.3) is 0 Å². The maximum absolute atomic E-state index is 12.6. The molecule has 0 spiro atoms. The van der Waals surface area contributed by atoms with Gasteiger partial charge in [-0.2, -0.15) is 0 Å². The second-order valence-corrected chi connectivity index (χ2v) is 12.0. The van der Waals surface area contributed by atoms with E-state index in [4.69, 9.17) is 0 Å². The van der Waals surface area contributed by atoms with E-state index in [2.05, 4.69) is 135 Å². The van der Waals surface area contributed by atoms with Gasteiger partial charge in [-0.15, -0.1) is 0 Å². The lowest BCUT2D eigenvalue weighted by molar-refractivity contribution is -0.139. The summed E-state index contributed by atoms with van der Waals surface area (Å²) in [6.07, 6.45) is 58.8. The zero-order valence-electron chi connectivity index (χ0n) is 30.4. The predicted molar refractivity (Wildman–Crippen MR) is 210 cm³/mol. The molecular weight excluding hydrogens is 588 g/mol. The van der Waals surface area contributed by atoms with Crippen LogP contribution < -0.4 is 0 Å². The number of piperazine rings is 1. The Morgan fingerprint density at radius 2 is 0.604 bits per heavy atom. The number of carbonyl (C=O) groups excluding carboxylic acids is 2. The van der Waals surface area contributed by atoms with Crippen LogP contribution in [0, 0.1) is 0 Å². The normalized spacial score (nSPS) is 15.1. The number of rotatable bonds is 26. The van der Waals surface area contributed by atoms with Crippen LogP contribution in [-0.4, -0.2) is 47.8 Å². The molecule has 0 bridgehead atoms. The van der Waals surface area contributed by atoms with E-state index < -0.39 is 0 Å². The fourth-order valence-corrected chi connectivity index (χ4v) is 5.00. The van der Waals surface area contributed by atoms with E-state index in [1.807, 2.05) is 9.80 Å². The van der Waals surface area contributed by atoms with Crippen LogP contribution >= 0.6 is 0 Å². The second-order valence-electron chi connectivity index (χ2n) is 12.0. The van der Waals surface area contributed by atoms with Gasteiger partial charge in [0.1, 0.15) is 0 Å². The first-order valence-corrected chi connectivity index (χ1v) is 18.7. The highest BCUT2D eigenvalue weighted by atomic mass is 16.2. The van der Waals surface area contributed by atoms with Gasteiger partial charge in [0.25, 0.3) is 0 Å². The molecule has 4 heteroatoms. The SMILES string of the molecule is CCC=CCC=CCC=CCC=CCC=CCCCC(=O)N1CCN(C(=O)CCCC=CCC=CCC=CCC=CCC=CCC)CC1. The number of allylic oxidation sites excluding steroid dienone is 20. The van der Waals surface area contributed by atoms with E-state index in [0.717, 1.165) is 89.9 Å². The van der Waals surface area contributed by atoms with Crippen molar-refractivity contribution in [2.75, 3.05) is 26.2 Å². The van der Waals surface area contributed by atoms with Gasteiger partial charge in [-0.3, -0.25) is 9.59 Å². The third-order valence-corrected chi connectivity index (χ3v) is 7.82. The quantitative estimate of drug-likeness (QED) is 0.0688. The van der Waals surface area contributed by atoms with E-state index in [1.54, 1.807) is 0 Å². The first-order valence-electron chi connectivity index (χ1n) is 18.7. The Bertz CT molecular complexity index is 1020. The Balaban J connectivity index is 2.03. The van der Waals surface area contributed by atoms with Gasteiger partial charge in [0.2, 0.25) is 11.8 Å². The summed E-state index contributed by atoms with van der Waals surface area (Å²) >= 11 is 0. The minimum absolute atomic E-state index is 0.216. The van der Waals surface area contributed by atoms with Crippen molar-refractivity contribution in [3.63, 3.8) is 0 Å². The van der Waals surface area contributed by atoms with Crippen molar-refractivity contribution in [1.29, 1.82) is 0 Å². The molecule has 0 atom stereocenters. The average molecular weight is 655 g/mol. The van der Waals surface area contributed by atoms with Crippen LogP contribution in [0.15, 0.2) is 122 Å². The van der Waals surface area contributed by atoms with E-state index in [1.165, 1.54) is 0 Å². The molecule has 0 unspecified atom stereocenters. The van der Waals surface area contributed by atoms with Crippen molar-refractivity contribution in [2.45, 2.75) is 117 Å². The van der Waals surface area contributed by atoms with E-state index in [0.29, 0.717) is 39.0 Å². The van der Waals surface area contributed by atoms with Gasteiger partial charge in [0.15, 0.2) is 0 Å². The molecule has 1 rings (SSSR count). The van der Waals surface area contributed by atoms with Crippen molar-refractivity contribution < 1.29 is 9.59 Å². The standard InChI is InChI=1S/C44H66N2O2/c1-3-5-7-9-11-13-15-17-19-21-23-25-27-29-31-33-35-37-43(47)45-39-41-46(42-40-45)44(48)38-36-34-32-30-28-26-24-22-20-18-16-14-12-10-8-6-4-2/h5-8,11-14,17-20,23-26,29-32H,3-4,9-10,15-16,21-22,27-28,33-42H2,1-2H3. The maximum Gasteiger partial charge on any atom is 0.222 e. The summed E-state index contributed by atoms with van der Waals surface area (Å²) in [5.41, 5.74) is 0. The molecule has 0 aromatic carbocycles. The summed E-state index contributed by atoms with van der Waals surface area (Å²) in [7, 11) is 0. The molecule has 4 nitrogen and oxygen atoms in total. The largest absolute Gasteiger partial charge is 0.339 e. The lowest BCUT2D eigenvalue weighted by Gasteiger charge is -2.35. The van der Waals surface area contributed by atoms with Crippen LogP contribution in [0.4, 0.5) is 0 Å². The Labute approximate surface area is 294 Å². The minimum atomic E-state index is 0.216. The van der Waals surface area contributed by atoms with Crippen LogP contribution in [0.2, 0.25) is 0 Å². The number of unbranched alkanes of at least 4 members (excludes halogenated alkanes) is 2. The summed E-state index contributed by atoms with van der Waals surface area (Å²) < 4.78 is 0. The van der Waals surface area contributed by atoms with Crippen LogP contribution in [0.1, 0.15) is 117 Å². The molecule has 1 heterocycles. The lowest BCUT2D eigenvalue weighted by atomic mass is 10.1. The molecule has 0 aromatic rings. The minimum Gasteiger partial charge on any atom is -0.339 e. The molecule has 0 saturated carbocycles. The molecule has 0 aromatic heterocycles. The molecular formula is C44H66N2O2. The van der Waals surface area contributed by atoms with E-state index >= 15 is 0 Å². The summed E-state index contributed by atoms with van der Waals surface area (Å²) in [6, 6.07) is 0. The maximum atomic E-state index is 12.6. The van der Waals surface area contributed by atoms with Crippen molar-refractivity contribution in [3.8, 4) is 0 Å². The molecule has 2 amide bonds. The monoisotopic (exact) mass is 655 g/mol. The van der Waals surface area contributed by atoms with E-state index in [-0.39, 0.29) is 11.8 Å². The van der Waals surface area contributed by atoms with Crippen LogP contribution in [0.5, 0.6) is 0 Å². The molecule has 0 N–H and O–H groups in total. The van der Waals surface area contributed by atoms with E-state index in [9.17, 15) is 9.59 Å². The van der Waals surface area contributed by atoms with Gasteiger partial charge in [0, 0.05) is 39.0 Å². The van der Waals surface area contributed by atoms with Gasteiger partial charge < -0.3 is 9.80 Å². The van der Waals surface area contributed by atoms with Gasteiger partial charge in [-0.1, -0.05) is 135 Å². The Morgan fingerprint density at radius 3 is 0.854 bits per heavy atom. The average Bonchev–Trinajstić information content (AvgIpc) is 3.10. The summed E-state index contributed by atoms with van der Waals surface area (Å²) in [5, 5.41) is 0. The number of carbonyl (C=O) groups is 2. The predicted octanol–water partition coefficient (Wildman–Crippen LogP) is 11.5. The number of hydrogen-bond acceptors (Lipinski definition) is 2. The Hall–Kier alpha value is -3.66. The van der Waals surface area contributed by atoms with Gasteiger partial charge in [-0.25, -0.2) is 0 Å². The zero-order chi connectivity index (χ0) is 34.6. The summed E-state index contributed by atoms with van der Waals surface area (Å²) in [4.78, 5) is 29.1. The Kier molecular flexibility index (Phi) is 29.3. The van der Waals surface area contributed by atoms with Crippen molar-refractivity contribution in [3.05, 3.63) is 122 Å². The highest BCUT2D eigenvalue weighted by molar-refractivity contribution is 5.78. The first kappa shape index (κ1) is 42.4. The molecule has 1 fully saturated rings. The molecule has 0 aliphatic carbocycles. The van der Waals surface area contributed by atoms with Gasteiger partial charge >= 0.3 is 0 Å². The summed E-state index contributed by atoms with van der Waals surface area (Å²) in [6.45, 7) is 6.92. The summed E-state index contributed by atoms with van der Waals surface area (Å²) in [5.74, 6) is 0.431. The molecule has 264 valence electrons. The highest BCUT2D eigenvalue weighted by Crippen LogP contribution is 2.10. The molecule has 1 aliphatic heterocycles. The zero-order valence-corrected chi connectivity index (χ0v) is 30.4. The third kappa shape index (κ3) is 26.4. The lowest BCUT2D eigenvalue weighted by Crippen LogP contribution is -2.50. The molecule has 1 aliphatic rings. The fourth-order valence-electron chi connectivity index (χ4n) is 5.00. The van der Waals surface area contributed by atoms with Crippen molar-refractivity contribution >= 4 is 11.8 Å². The smallest absolute Gasteiger partial charge is 0.222 e. The fraction of sp³-hybridized carbons (Fsp3) is 0.500. The van der Waals surface area contributed by atoms with Gasteiger partial charge in [0.05, 0.1) is 0 Å². The van der Waals surface area contributed by atoms with Crippen molar-refractivity contribution in [1.82, 2.24) is 9.80 Å². The van der Waals surface area contributed by atoms with Gasteiger partial charge in [-0.05, 0) is 89.9 Å². The number of nitrogens with zero attached hydrogens (tertiary/aromatic N) is 2. The van der Waals surface area contributed by atoms with Crippen LogP contribution in [-0.2, 0) is 9.59 Å². The third-order valence-electron chi connectivity index (χ3n) is 7.82. The highest BCUT2D eigenvalue weighted by Gasteiger charge is 2.23.